The zero-order chi connectivity index (χ0) is 19.7. The van der Waals surface area contributed by atoms with E-state index in [0.717, 1.165) is 25.3 Å². The van der Waals surface area contributed by atoms with Crippen molar-refractivity contribution in [3.8, 4) is 5.75 Å². The topological polar surface area (TPSA) is 52.9 Å². The summed E-state index contributed by atoms with van der Waals surface area (Å²) in [6, 6.07) is 6.21. The SMILES string of the molecule is CC(C)(C)C1CCC(N2CC[C@H](O)[C@@](O)(COc3ccc(F)cc3)C2)CC1. The third-order valence-electron chi connectivity index (χ3n) is 6.53. The van der Waals surface area contributed by atoms with Gasteiger partial charge < -0.3 is 14.9 Å². The summed E-state index contributed by atoms with van der Waals surface area (Å²) in [5.74, 6) is 0.931. The van der Waals surface area contributed by atoms with Gasteiger partial charge in [-0.2, -0.15) is 0 Å². The number of piperidine rings is 1. The van der Waals surface area contributed by atoms with E-state index in [4.69, 9.17) is 4.74 Å². The van der Waals surface area contributed by atoms with Crippen LogP contribution >= 0.6 is 0 Å². The van der Waals surface area contributed by atoms with Crippen molar-refractivity contribution in [1.82, 2.24) is 4.90 Å². The fourth-order valence-electron chi connectivity index (χ4n) is 4.59. The van der Waals surface area contributed by atoms with Crippen molar-refractivity contribution in [3.63, 3.8) is 0 Å². The van der Waals surface area contributed by atoms with Gasteiger partial charge in [-0.05, 0) is 67.7 Å². The molecule has 0 unspecified atom stereocenters. The molecule has 1 aromatic rings. The highest BCUT2D eigenvalue weighted by Gasteiger charge is 2.44. The number of β-amino-alcohol motifs (C(OH)–C–C–N with tert-alkyl or cyclic N) is 1. The molecule has 2 aliphatic rings. The minimum Gasteiger partial charge on any atom is -0.490 e. The third-order valence-corrected chi connectivity index (χ3v) is 6.53. The molecule has 1 saturated heterocycles. The Kier molecular flexibility index (Phi) is 6.14. The van der Waals surface area contributed by atoms with Gasteiger partial charge >= 0.3 is 0 Å². The number of benzene rings is 1. The van der Waals surface area contributed by atoms with Gasteiger partial charge in [0, 0.05) is 19.1 Å². The minimum absolute atomic E-state index is 0.00757. The van der Waals surface area contributed by atoms with Gasteiger partial charge in [-0.15, -0.1) is 0 Å². The van der Waals surface area contributed by atoms with E-state index in [1.807, 2.05) is 0 Å². The Morgan fingerprint density at radius 2 is 1.74 bits per heavy atom. The number of halogens is 1. The molecule has 27 heavy (non-hydrogen) atoms. The zero-order valence-electron chi connectivity index (χ0n) is 16.8. The van der Waals surface area contributed by atoms with Crippen LogP contribution in [0.1, 0.15) is 52.9 Å². The van der Waals surface area contributed by atoms with Gasteiger partial charge in [-0.3, -0.25) is 4.90 Å². The third kappa shape index (κ3) is 5.01. The Morgan fingerprint density at radius 3 is 2.33 bits per heavy atom. The van der Waals surface area contributed by atoms with Crippen LogP contribution in [0.25, 0.3) is 0 Å². The highest BCUT2D eigenvalue weighted by Crippen LogP contribution is 2.40. The summed E-state index contributed by atoms with van der Waals surface area (Å²) >= 11 is 0. The van der Waals surface area contributed by atoms with Crippen LogP contribution in [0.2, 0.25) is 0 Å². The smallest absolute Gasteiger partial charge is 0.137 e. The van der Waals surface area contributed by atoms with Gasteiger partial charge in [0.15, 0.2) is 0 Å². The number of rotatable bonds is 4. The fraction of sp³-hybridized carbons (Fsp3) is 0.727. The maximum Gasteiger partial charge on any atom is 0.137 e. The molecule has 1 aromatic carbocycles. The molecule has 1 heterocycles. The first-order valence-electron chi connectivity index (χ1n) is 10.2. The standard InChI is InChI=1S/C22H34FNO3/c1-21(2,3)16-4-8-18(9-5-16)24-13-12-20(25)22(26,14-24)15-27-19-10-6-17(23)7-11-19/h6-7,10-11,16,18,20,25-26H,4-5,8-9,12-15H2,1-3H3/t16?,18?,20-,22-/m0/s1. The summed E-state index contributed by atoms with van der Waals surface area (Å²) in [7, 11) is 0. The number of aliphatic hydroxyl groups is 2. The van der Waals surface area contributed by atoms with Crippen LogP contribution in [-0.2, 0) is 0 Å². The summed E-state index contributed by atoms with van der Waals surface area (Å²) in [6.45, 7) is 8.20. The number of nitrogens with zero attached hydrogens (tertiary/aromatic N) is 1. The van der Waals surface area contributed by atoms with Crippen LogP contribution < -0.4 is 4.74 Å². The lowest BCUT2D eigenvalue weighted by atomic mass is 9.71. The van der Waals surface area contributed by atoms with E-state index in [9.17, 15) is 14.6 Å². The molecule has 1 aliphatic heterocycles. The van der Waals surface area contributed by atoms with E-state index >= 15 is 0 Å². The summed E-state index contributed by atoms with van der Waals surface area (Å²) in [5.41, 5.74) is -0.944. The number of hydrogen-bond acceptors (Lipinski definition) is 4. The van der Waals surface area contributed by atoms with Crippen molar-refractivity contribution in [2.75, 3.05) is 19.7 Å². The predicted molar refractivity (Wildman–Crippen MR) is 104 cm³/mol. The van der Waals surface area contributed by atoms with Crippen LogP contribution in [0.3, 0.4) is 0 Å². The lowest BCUT2D eigenvalue weighted by Gasteiger charge is -2.47. The Hall–Kier alpha value is -1.17. The Labute approximate surface area is 162 Å². The van der Waals surface area contributed by atoms with E-state index in [1.165, 1.54) is 25.0 Å². The molecule has 0 spiro atoms. The lowest BCUT2D eigenvalue weighted by molar-refractivity contribution is -0.147. The van der Waals surface area contributed by atoms with E-state index in [2.05, 4.69) is 25.7 Å². The quantitative estimate of drug-likeness (QED) is 0.839. The second-order valence-electron chi connectivity index (χ2n) is 9.49. The average Bonchev–Trinajstić information content (AvgIpc) is 2.63. The molecule has 1 aliphatic carbocycles. The van der Waals surface area contributed by atoms with E-state index in [-0.39, 0.29) is 12.4 Å². The van der Waals surface area contributed by atoms with Crippen molar-refractivity contribution < 1.29 is 19.3 Å². The highest BCUT2D eigenvalue weighted by molar-refractivity contribution is 5.22. The van der Waals surface area contributed by atoms with Crippen LogP contribution in [-0.4, -0.2) is 52.6 Å². The van der Waals surface area contributed by atoms with Crippen LogP contribution in [0, 0.1) is 17.2 Å². The largest absolute Gasteiger partial charge is 0.490 e. The fourth-order valence-corrected chi connectivity index (χ4v) is 4.59. The molecule has 152 valence electrons. The molecule has 3 rings (SSSR count). The first-order chi connectivity index (χ1) is 12.7. The lowest BCUT2D eigenvalue weighted by Crippen LogP contribution is -2.62. The predicted octanol–water partition coefficient (Wildman–Crippen LogP) is 3.61. The first-order valence-corrected chi connectivity index (χ1v) is 10.2. The summed E-state index contributed by atoms with van der Waals surface area (Å²) < 4.78 is 18.7. The van der Waals surface area contributed by atoms with Crippen LogP contribution in [0.15, 0.2) is 24.3 Å². The summed E-state index contributed by atoms with van der Waals surface area (Å²) in [5, 5.41) is 21.4. The number of hydrogen-bond donors (Lipinski definition) is 2. The Balaban J connectivity index is 1.57. The normalized spacial score (nSPS) is 33.0. The van der Waals surface area contributed by atoms with Crippen molar-refractivity contribution in [1.29, 1.82) is 0 Å². The molecule has 4 nitrogen and oxygen atoms in total. The highest BCUT2D eigenvalue weighted by atomic mass is 19.1. The summed E-state index contributed by atoms with van der Waals surface area (Å²) in [4.78, 5) is 2.33. The van der Waals surface area contributed by atoms with Crippen molar-refractivity contribution in [2.45, 2.75) is 70.6 Å². The molecule has 1 saturated carbocycles. The molecule has 5 heteroatoms. The van der Waals surface area contributed by atoms with E-state index in [1.54, 1.807) is 12.1 Å². The monoisotopic (exact) mass is 379 g/mol. The van der Waals surface area contributed by atoms with Crippen LogP contribution in [0.4, 0.5) is 4.39 Å². The molecule has 0 bridgehead atoms. The summed E-state index contributed by atoms with van der Waals surface area (Å²) in [6.07, 6.45) is 4.47. The van der Waals surface area contributed by atoms with Gasteiger partial charge in [-0.1, -0.05) is 20.8 Å². The van der Waals surface area contributed by atoms with E-state index in [0.29, 0.717) is 30.2 Å². The molecule has 0 amide bonds. The first kappa shape index (κ1) is 20.6. The number of ether oxygens (including phenoxy) is 1. The Bertz CT molecular complexity index is 607. The molecular formula is C22H34FNO3. The molecule has 2 atom stereocenters. The molecule has 0 radical (unpaired) electrons. The maximum atomic E-state index is 13.0. The second kappa shape index (κ2) is 8.06. The zero-order valence-corrected chi connectivity index (χ0v) is 16.8. The molecule has 2 fully saturated rings. The second-order valence-corrected chi connectivity index (χ2v) is 9.49. The van der Waals surface area contributed by atoms with Gasteiger partial charge in [0.25, 0.3) is 0 Å². The van der Waals surface area contributed by atoms with Crippen LogP contribution in [0.5, 0.6) is 5.75 Å². The van der Waals surface area contributed by atoms with E-state index < -0.39 is 11.7 Å². The van der Waals surface area contributed by atoms with Crippen molar-refractivity contribution >= 4 is 0 Å². The van der Waals surface area contributed by atoms with Gasteiger partial charge in [0.05, 0.1) is 6.10 Å². The number of likely N-dealkylation sites (tertiary alicyclic amines) is 1. The number of aliphatic hydroxyl groups excluding tert-OH is 1. The van der Waals surface area contributed by atoms with Gasteiger partial charge in [0.1, 0.15) is 23.8 Å². The minimum atomic E-state index is -1.30. The van der Waals surface area contributed by atoms with Gasteiger partial charge in [-0.25, -0.2) is 4.39 Å². The molecule has 2 N–H and O–H groups in total. The van der Waals surface area contributed by atoms with Crippen molar-refractivity contribution in [2.24, 2.45) is 11.3 Å². The molecule has 0 aromatic heterocycles. The maximum absolute atomic E-state index is 13.0. The average molecular weight is 380 g/mol. The van der Waals surface area contributed by atoms with Crippen molar-refractivity contribution in [3.05, 3.63) is 30.1 Å². The molecular weight excluding hydrogens is 345 g/mol. The Morgan fingerprint density at radius 1 is 1.11 bits per heavy atom. The van der Waals surface area contributed by atoms with Gasteiger partial charge in [0.2, 0.25) is 0 Å².